The first kappa shape index (κ1) is 11.3. The summed E-state index contributed by atoms with van der Waals surface area (Å²) >= 11 is 0. The van der Waals surface area contributed by atoms with E-state index in [1.165, 1.54) is 10.8 Å². The largest absolute Gasteiger partial charge is 0.470 e. The predicted molar refractivity (Wildman–Crippen MR) is 67.0 cm³/mol. The fourth-order valence-electron chi connectivity index (χ4n) is 1.44. The number of pyridine rings is 1. The van der Waals surface area contributed by atoms with Crippen LogP contribution in [0.1, 0.15) is 5.56 Å². The van der Waals surface area contributed by atoms with E-state index in [-0.39, 0.29) is 5.56 Å². The molecule has 0 spiro atoms. The van der Waals surface area contributed by atoms with E-state index in [1.54, 1.807) is 24.6 Å². The number of aromatic nitrogens is 1. The Labute approximate surface area is 99.4 Å². The molecule has 0 bridgehead atoms. The van der Waals surface area contributed by atoms with Crippen LogP contribution in [0.3, 0.4) is 0 Å². The van der Waals surface area contributed by atoms with Crippen LogP contribution in [-0.4, -0.2) is 23.6 Å². The minimum atomic E-state index is -0.0766. The van der Waals surface area contributed by atoms with E-state index < -0.39 is 0 Å². The summed E-state index contributed by atoms with van der Waals surface area (Å²) in [4.78, 5) is 13.8. The molecule has 0 saturated heterocycles. The van der Waals surface area contributed by atoms with E-state index in [2.05, 4.69) is 0 Å². The van der Waals surface area contributed by atoms with Gasteiger partial charge < -0.3 is 9.32 Å². The lowest BCUT2D eigenvalue weighted by Gasteiger charge is -2.04. The predicted octanol–water partition coefficient (Wildman–Crippen LogP) is 1.96. The molecule has 0 fully saturated rings. The third-order valence-electron chi connectivity index (χ3n) is 2.29. The standard InChI is InChI=1S/C13H14N2O2/c1-14(2)6-3-11-4-7-15(13(16)9-11)12-5-8-17-10-12/h3-10H,1-2H3/b6-3+. The van der Waals surface area contributed by atoms with Gasteiger partial charge in [0.05, 0.1) is 12.0 Å². The second kappa shape index (κ2) is 4.74. The number of hydrogen-bond donors (Lipinski definition) is 0. The molecule has 0 aliphatic heterocycles. The first-order valence-corrected chi connectivity index (χ1v) is 5.27. The normalized spacial score (nSPS) is 10.9. The zero-order chi connectivity index (χ0) is 12.3. The number of hydrogen-bond acceptors (Lipinski definition) is 3. The molecule has 0 N–H and O–H groups in total. The van der Waals surface area contributed by atoms with Crippen LogP contribution in [0.25, 0.3) is 11.8 Å². The zero-order valence-electron chi connectivity index (χ0n) is 9.83. The maximum atomic E-state index is 11.9. The monoisotopic (exact) mass is 230 g/mol. The van der Waals surface area contributed by atoms with Crippen LogP contribution in [0.5, 0.6) is 0 Å². The average Bonchev–Trinajstić information content (AvgIpc) is 2.79. The van der Waals surface area contributed by atoms with E-state index in [4.69, 9.17) is 4.42 Å². The average molecular weight is 230 g/mol. The minimum absolute atomic E-state index is 0.0766. The Morgan fingerprint density at radius 2 is 2.18 bits per heavy atom. The first-order valence-electron chi connectivity index (χ1n) is 5.27. The van der Waals surface area contributed by atoms with E-state index >= 15 is 0 Å². The molecule has 2 aromatic rings. The van der Waals surface area contributed by atoms with Crippen LogP contribution < -0.4 is 5.56 Å². The molecule has 0 atom stereocenters. The molecule has 0 aromatic carbocycles. The summed E-state index contributed by atoms with van der Waals surface area (Å²) in [5, 5.41) is 0. The van der Waals surface area contributed by atoms with Crippen molar-refractivity contribution in [2.24, 2.45) is 0 Å². The van der Waals surface area contributed by atoms with E-state index in [0.29, 0.717) is 0 Å². The molecule has 0 aliphatic rings. The summed E-state index contributed by atoms with van der Waals surface area (Å²) in [6.45, 7) is 0. The van der Waals surface area contributed by atoms with Crippen molar-refractivity contribution in [2.45, 2.75) is 0 Å². The number of rotatable bonds is 3. The van der Waals surface area contributed by atoms with Gasteiger partial charge in [-0.3, -0.25) is 9.36 Å². The summed E-state index contributed by atoms with van der Waals surface area (Å²) < 4.78 is 6.49. The maximum Gasteiger partial charge on any atom is 0.255 e. The molecule has 0 saturated carbocycles. The lowest BCUT2D eigenvalue weighted by Crippen LogP contribution is -2.16. The molecule has 2 rings (SSSR count). The topological polar surface area (TPSA) is 38.4 Å². The Bertz CT molecular complexity index is 565. The van der Waals surface area contributed by atoms with E-state index in [1.807, 2.05) is 37.3 Å². The summed E-state index contributed by atoms with van der Waals surface area (Å²) in [6.07, 6.45) is 8.61. The highest BCUT2D eigenvalue weighted by atomic mass is 16.3. The van der Waals surface area contributed by atoms with Crippen molar-refractivity contribution in [3.8, 4) is 5.69 Å². The van der Waals surface area contributed by atoms with Gasteiger partial charge in [0.1, 0.15) is 6.26 Å². The lowest BCUT2D eigenvalue weighted by atomic mass is 10.2. The molecule has 0 amide bonds. The Balaban J connectivity index is 2.33. The van der Waals surface area contributed by atoms with Gasteiger partial charge in [-0.15, -0.1) is 0 Å². The quantitative estimate of drug-likeness (QED) is 0.809. The van der Waals surface area contributed by atoms with Gasteiger partial charge in [-0.25, -0.2) is 0 Å². The molecular weight excluding hydrogens is 216 g/mol. The molecule has 0 aliphatic carbocycles. The SMILES string of the molecule is CN(C)/C=C/c1ccn(-c2ccoc2)c(=O)c1. The van der Waals surface area contributed by atoms with Crippen LogP contribution >= 0.6 is 0 Å². The molecule has 2 heterocycles. The van der Waals surface area contributed by atoms with Crippen LogP contribution in [0.15, 0.2) is 52.3 Å². The van der Waals surface area contributed by atoms with Gasteiger partial charge in [-0.2, -0.15) is 0 Å². The Hall–Kier alpha value is -2.23. The van der Waals surface area contributed by atoms with Gasteiger partial charge >= 0.3 is 0 Å². The van der Waals surface area contributed by atoms with Crippen molar-refractivity contribution in [2.75, 3.05) is 14.1 Å². The second-order valence-electron chi connectivity index (χ2n) is 3.93. The lowest BCUT2D eigenvalue weighted by molar-refractivity contribution is 0.565. The molecule has 0 unspecified atom stereocenters. The Morgan fingerprint density at radius 3 is 2.76 bits per heavy atom. The van der Waals surface area contributed by atoms with Crippen molar-refractivity contribution < 1.29 is 4.42 Å². The number of furan rings is 1. The Kier molecular flexibility index (Phi) is 3.14. The zero-order valence-corrected chi connectivity index (χ0v) is 9.83. The molecule has 2 aromatic heterocycles. The van der Waals surface area contributed by atoms with Crippen LogP contribution in [-0.2, 0) is 0 Å². The molecule has 4 nitrogen and oxygen atoms in total. The van der Waals surface area contributed by atoms with Crippen LogP contribution in [0.2, 0.25) is 0 Å². The second-order valence-corrected chi connectivity index (χ2v) is 3.93. The third kappa shape index (κ3) is 2.66. The maximum absolute atomic E-state index is 11.9. The van der Waals surface area contributed by atoms with Gasteiger partial charge in [-0.1, -0.05) is 0 Å². The summed E-state index contributed by atoms with van der Waals surface area (Å²) in [6, 6.07) is 5.22. The highest BCUT2D eigenvalue weighted by molar-refractivity contribution is 5.48. The van der Waals surface area contributed by atoms with Gasteiger partial charge in [0.2, 0.25) is 0 Å². The van der Waals surface area contributed by atoms with Crippen LogP contribution in [0, 0.1) is 0 Å². The smallest absolute Gasteiger partial charge is 0.255 e. The van der Waals surface area contributed by atoms with Crippen molar-refractivity contribution in [3.05, 3.63) is 59.0 Å². The molecule has 0 radical (unpaired) electrons. The van der Waals surface area contributed by atoms with Crippen molar-refractivity contribution in [1.82, 2.24) is 9.47 Å². The molecule has 4 heteroatoms. The van der Waals surface area contributed by atoms with Gasteiger partial charge in [0.15, 0.2) is 0 Å². The summed E-state index contributed by atoms with van der Waals surface area (Å²) in [5.41, 5.74) is 1.54. The number of nitrogens with zero attached hydrogens (tertiary/aromatic N) is 2. The van der Waals surface area contributed by atoms with Gasteiger partial charge in [0.25, 0.3) is 5.56 Å². The third-order valence-corrected chi connectivity index (χ3v) is 2.29. The van der Waals surface area contributed by atoms with E-state index in [9.17, 15) is 4.79 Å². The van der Waals surface area contributed by atoms with Gasteiger partial charge in [0, 0.05) is 32.4 Å². The minimum Gasteiger partial charge on any atom is -0.470 e. The van der Waals surface area contributed by atoms with E-state index in [0.717, 1.165) is 11.3 Å². The van der Waals surface area contributed by atoms with Crippen molar-refractivity contribution in [3.63, 3.8) is 0 Å². The first-order chi connectivity index (χ1) is 8.16. The fourth-order valence-corrected chi connectivity index (χ4v) is 1.44. The van der Waals surface area contributed by atoms with Crippen LogP contribution in [0.4, 0.5) is 0 Å². The van der Waals surface area contributed by atoms with Crippen molar-refractivity contribution in [1.29, 1.82) is 0 Å². The fraction of sp³-hybridized carbons (Fsp3) is 0.154. The summed E-state index contributed by atoms with van der Waals surface area (Å²) in [7, 11) is 3.87. The Morgan fingerprint density at radius 1 is 1.35 bits per heavy atom. The van der Waals surface area contributed by atoms with Crippen molar-refractivity contribution >= 4 is 6.08 Å². The van der Waals surface area contributed by atoms with Gasteiger partial charge in [-0.05, 0) is 23.9 Å². The molecule has 88 valence electrons. The molecular formula is C13H14N2O2. The highest BCUT2D eigenvalue weighted by Gasteiger charge is 2.00. The summed E-state index contributed by atoms with van der Waals surface area (Å²) in [5.74, 6) is 0. The molecule has 17 heavy (non-hydrogen) atoms. The highest BCUT2D eigenvalue weighted by Crippen LogP contribution is 2.06.